The SMILES string of the molecule is C=C=C(CNC(=O)c1ncnc2c1CCN(Cc1ccccc1)C2)CC1CC2CC2C1. The predicted octanol–water partition coefficient (Wildman–Crippen LogP) is 3.91. The van der Waals surface area contributed by atoms with Crippen molar-refractivity contribution in [2.75, 3.05) is 13.1 Å². The van der Waals surface area contributed by atoms with E-state index in [2.05, 4.69) is 56.8 Å². The lowest BCUT2D eigenvalue weighted by atomic mass is 9.95. The standard InChI is InChI=1S/C26H30N4O/c1-2-18(10-20-11-21-13-22(21)12-20)14-27-26(31)25-23-8-9-30(16-24(23)28-17-29-25)15-19-6-4-3-5-7-19/h3-7,17,20-22H,1,8-16H2,(H,27,31). The summed E-state index contributed by atoms with van der Waals surface area (Å²) in [5.41, 5.74) is 7.95. The lowest BCUT2D eigenvalue weighted by molar-refractivity contribution is 0.0948. The third-order valence-corrected chi connectivity index (χ3v) is 7.14. The molecule has 2 aromatic rings. The van der Waals surface area contributed by atoms with Gasteiger partial charge in [0, 0.05) is 31.7 Å². The molecule has 2 unspecified atom stereocenters. The molecule has 2 atom stereocenters. The van der Waals surface area contributed by atoms with Gasteiger partial charge in [0.15, 0.2) is 0 Å². The van der Waals surface area contributed by atoms with E-state index < -0.39 is 0 Å². The zero-order chi connectivity index (χ0) is 21.2. The van der Waals surface area contributed by atoms with Crippen molar-refractivity contribution < 1.29 is 4.79 Å². The van der Waals surface area contributed by atoms with E-state index in [4.69, 9.17) is 0 Å². The van der Waals surface area contributed by atoms with Crippen LogP contribution in [0.2, 0.25) is 0 Å². The molecule has 0 bridgehead atoms. The second kappa shape index (κ2) is 8.78. The Morgan fingerprint density at radius 1 is 1.16 bits per heavy atom. The van der Waals surface area contributed by atoms with Crippen LogP contribution in [0, 0.1) is 17.8 Å². The van der Waals surface area contributed by atoms with Gasteiger partial charge in [-0.05, 0) is 61.0 Å². The number of nitrogens with zero attached hydrogens (tertiary/aromatic N) is 3. The number of carbonyl (C=O) groups is 1. The second-order valence-electron chi connectivity index (χ2n) is 9.35. The van der Waals surface area contributed by atoms with Gasteiger partial charge in [-0.25, -0.2) is 9.97 Å². The van der Waals surface area contributed by atoms with Gasteiger partial charge in [-0.3, -0.25) is 9.69 Å². The van der Waals surface area contributed by atoms with E-state index >= 15 is 0 Å². The molecule has 0 radical (unpaired) electrons. The molecule has 5 heteroatoms. The molecule has 1 aromatic carbocycles. The number of hydrogen-bond acceptors (Lipinski definition) is 4. The molecule has 1 N–H and O–H groups in total. The van der Waals surface area contributed by atoms with Crippen molar-refractivity contribution in [1.29, 1.82) is 0 Å². The predicted molar refractivity (Wildman–Crippen MR) is 120 cm³/mol. The highest BCUT2D eigenvalue weighted by Gasteiger charge is 2.45. The molecule has 0 spiro atoms. The van der Waals surface area contributed by atoms with Gasteiger partial charge in [-0.1, -0.05) is 36.9 Å². The monoisotopic (exact) mass is 414 g/mol. The number of amides is 1. The summed E-state index contributed by atoms with van der Waals surface area (Å²) >= 11 is 0. The molecule has 31 heavy (non-hydrogen) atoms. The molecule has 1 aromatic heterocycles. The number of benzene rings is 1. The smallest absolute Gasteiger partial charge is 0.270 e. The molecule has 2 fully saturated rings. The largest absolute Gasteiger partial charge is 0.346 e. The van der Waals surface area contributed by atoms with Crippen LogP contribution in [-0.2, 0) is 19.5 Å². The van der Waals surface area contributed by atoms with Crippen molar-refractivity contribution >= 4 is 5.91 Å². The van der Waals surface area contributed by atoms with Gasteiger partial charge in [0.1, 0.15) is 12.0 Å². The summed E-state index contributed by atoms with van der Waals surface area (Å²) < 4.78 is 0. The van der Waals surface area contributed by atoms with Crippen LogP contribution in [0.4, 0.5) is 0 Å². The summed E-state index contributed by atoms with van der Waals surface area (Å²) in [5, 5.41) is 3.07. The van der Waals surface area contributed by atoms with Gasteiger partial charge in [0.2, 0.25) is 0 Å². The van der Waals surface area contributed by atoms with Crippen LogP contribution in [0.1, 0.15) is 53.0 Å². The molecule has 1 aliphatic heterocycles. The minimum atomic E-state index is -0.114. The fourth-order valence-electron chi connectivity index (χ4n) is 5.41. The van der Waals surface area contributed by atoms with Crippen LogP contribution >= 0.6 is 0 Å². The summed E-state index contributed by atoms with van der Waals surface area (Å²) in [6.45, 7) is 6.90. The third kappa shape index (κ3) is 4.63. The molecule has 1 amide bonds. The van der Waals surface area contributed by atoms with Crippen molar-refractivity contribution in [2.24, 2.45) is 17.8 Å². The number of nitrogens with one attached hydrogen (secondary N) is 1. The topological polar surface area (TPSA) is 58.1 Å². The summed E-state index contributed by atoms with van der Waals surface area (Å²) in [7, 11) is 0. The minimum absolute atomic E-state index is 0.114. The van der Waals surface area contributed by atoms with Crippen LogP contribution in [0.15, 0.2) is 54.5 Å². The summed E-state index contributed by atoms with van der Waals surface area (Å²) in [4.78, 5) is 24.1. The van der Waals surface area contributed by atoms with Crippen molar-refractivity contribution in [3.8, 4) is 0 Å². The molecule has 5 rings (SSSR count). The first kappa shape index (κ1) is 20.2. The van der Waals surface area contributed by atoms with E-state index in [1.54, 1.807) is 0 Å². The average Bonchev–Trinajstić information content (AvgIpc) is 3.41. The van der Waals surface area contributed by atoms with Crippen LogP contribution in [-0.4, -0.2) is 33.9 Å². The molecule has 2 saturated carbocycles. The maximum absolute atomic E-state index is 12.9. The van der Waals surface area contributed by atoms with Gasteiger partial charge in [-0.2, -0.15) is 0 Å². The van der Waals surface area contributed by atoms with Gasteiger partial charge in [0.05, 0.1) is 5.69 Å². The summed E-state index contributed by atoms with van der Waals surface area (Å²) in [6, 6.07) is 10.5. The maximum atomic E-state index is 12.9. The molecule has 2 heterocycles. The Labute approximate surface area is 184 Å². The molecule has 3 aliphatic rings. The quantitative estimate of drug-likeness (QED) is 0.698. The molecule has 0 saturated heterocycles. The zero-order valence-corrected chi connectivity index (χ0v) is 18.0. The summed E-state index contributed by atoms with van der Waals surface area (Å²) in [5.74, 6) is 2.57. The number of fused-ring (bicyclic) bond motifs is 2. The Balaban J connectivity index is 1.19. The van der Waals surface area contributed by atoms with Gasteiger partial charge >= 0.3 is 0 Å². The summed E-state index contributed by atoms with van der Waals surface area (Å²) in [6.07, 6.45) is 7.43. The van der Waals surface area contributed by atoms with Crippen LogP contribution in [0.3, 0.4) is 0 Å². The van der Waals surface area contributed by atoms with Crippen molar-refractivity contribution in [3.63, 3.8) is 0 Å². The molecule has 5 nitrogen and oxygen atoms in total. The minimum Gasteiger partial charge on any atom is -0.346 e. The number of carbonyl (C=O) groups excluding carboxylic acids is 1. The van der Waals surface area contributed by atoms with Gasteiger partial charge in [0.25, 0.3) is 5.91 Å². The lowest BCUT2D eigenvalue weighted by Crippen LogP contribution is -2.34. The van der Waals surface area contributed by atoms with E-state index in [1.807, 2.05) is 6.07 Å². The number of aromatic nitrogens is 2. The van der Waals surface area contributed by atoms with Crippen LogP contribution in [0.25, 0.3) is 0 Å². The average molecular weight is 415 g/mol. The first-order valence-electron chi connectivity index (χ1n) is 11.4. The van der Waals surface area contributed by atoms with Crippen LogP contribution in [0.5, 0.6) is 0 Å². The molecular weight excluding hydrogens is 384 g/mol. The Hall–Kier alpha value is -2.75. The lowest BCUT2D eigenvalue weighted by Gasteiger charge is -2.28. The second-order valence-corrected chi connectivity index (χ2v) is 9.35. The van der Waals surface area contributed by atoms with E-state index in [1.165, 1.54) is 31.2 Å². The van der Waals surface area contributed by atoms with Crippen molar-refractivity contribution in [1.82, 2.24) is 20.2 Å². The van der Waals surface area contributed by atoms with E-state index in [0.29, 0.717) is 12.2 Å². The normalized spacial score (nSPS) is 24.1. The number of hydrogen-bond donors (Lipinski definition) is 1. The highest BCUT2D eigenvalue weighted by atomic mass is 16.1. The highest BCUT2D eigenvalue weighted by Crippen LogP contribution is 2.55. The molecule has 2 aliphatic carbocycles. The maximum Gasteiger partial charge on any atom is 0.270 e. The first-order chi connectivity index (χ1) is 15.2. The molecule has 160 valence electrons. The van der Waals surface area contributed by atoms with Crippen LogP contribution < -0.4 is 5.32 Å². The number of rotatable bonds is 7. The van der Waals surface area contributed by atoms with E-state index in [9.17, 15) is 4.79 Å². The van der Waals surface area contributed by atoms with Crippen molar-refractivity contribution in [2.45, 2.75) is 45.2 Å². The van der Waals surface area contributed by atoms with E-state index in [0.717, 1.165) is 67.1 Å². The molecular formula is C26H30N4O. The third-order valence-electron chi connectivity index (χ3n) is 7.14. The Bertz CT molecular complexity index is 1000. The zero-order valence-electron chi connectivity index (χ0n) is 18.0. The Morgan fingerprint density at radius 2 is 1.97 bits per heavy atom. The van der Waals surface area contributed by atoms with E-state index in [-0.39, 0.29) is 5.91 Å². The van der Waals surface area contributed by atoms with Gasteiger partial charge < -0.3 is 5.32 Å². The fraction of sp³-hybridized carbons (Fsp3) is 0.462. The Morgan fingerprint density at radius 3 is 2.74 bits per heavy atom. The van der Waals surface area contributed by atoms with Crippen molar-refractivity contribution in [3.05, 3.63) is 77.1 Å². The fourth-order valence-corrected chi connectivity index (χ4v) is 5.41. The van der Waals surface area contributed by atoms with Gasteiger partial charge in [-0.15, -0.1) is 5.73 Å². The Kier molecular flexibility index (Phi) is 5.71. The highest BCUT2D eigenvalue weighted by molar-refractivity contribution is 5.94. The first-order valence-corrected chi connectivity index (χ1v) is 11.4.